The number of carbonyl (C=O) groups excluding carboxylic acids is 2. The van der Waals surface area contributed by atoms with Gasteiger partial charge in [0.1, 0.15) is 17.1 Å². The van der Waals surface area contributed by atoms with Gasteiger partial charge in [0.15, 0.2) is 0 Å². The summed E-state index contributed by atoms with van der Waals surface area (Å²) in [5.74, 6) is 0.0134. The summed E-state index contributed by atoms with van der Waals surface area (Å²) in [6, 6.07) is 8.97. The van der Waals surface area contributed by atoms with Gasteiger partial charge < -0.3 is 19.3 Å². The van der Waals surface area contributed by atoms with Crippen molar-refractivity contribution < 1.29 is 28.9 Å². The number of aryl methyl sites for hydroxylation is 1. The van der Waals surface area contributed by atoms with E-state index in [4.69, 9.17) is 14.2 Å². The lowest BCUT2D eigenvalue weighted by molar-refractivity contribution is -0.241. The first-order valence-corrected chi connectivity index (χ1v) is 12.7. The van der Waals surface area contributed by atoms with Gasteiger partial charge in [0.05, 0.1) is 28.9 Å². The number of nitrogens with zero attached hydrogens (tertiary/aromatic N) is 5. The zero-order valence-corrected chi connectivity index (χ0v) is 23.5. The molecule has 0 aliphatic heterocycles. The van der Waals surface area contributed by atoms with Crippen molar-refractivity contribution in [2.45, 2.75) is 79.0 Å². The normalized spacial score (nSPS) is 13.2. The molecule has 1 atom stereocenters. The fourth-order valence-electron chi connectivity index (χ4n) is 3.86. The number of imidazole rings is 1. The van der Waals surface area contributed by atoms with Gasteiger partial charge in [-0.25, -0.2) is 24.0 Å². The van der Waals surface area contributed by atoms with E-state index >= 15 is 0 Å². The number of aromatic nitrogens is 4. The molecule has 1 unspecified atom stereocenters. The molecule has 38 heavy (non-hydrogen) atoms. The SMILES string of the molecule is CCOC(=O)c1cc(CN(CCc2nc3ccccc3n2C(=O)OC(C)(C)C)C(O)OC(C)(C)C)nn1C. The van der Waals surface area contributed by atoms with E-state index in [1.165, 1.54) is 9.25 Å². The Morgan fingerprint density at radius 2 is 1.79 bits per heavy atom. The Balaban J connectivity index is 1.90. The molecule has 1 aromatic carbocycles. The first-order chi connectivity index (χ1) is 17.7. The highest BCUT2D eigenvalue weighted by atomic mass is 16.6. The predicted octanol–water partition coefficient (Wildman–Crippen LogP) is 3.87. The Bertz CT molecular complexity index is 1270. The number of aliphatic hydroxyl groups excluding tert-OH is 1. The molecule has 0 fully saturated rings. The number of ether oxygens (including phenoxy) is 3. The Hall–Kier alpha value is -3.28. The molecule has 3 aromatic rings. The van der Waals surface area contributed by atoms with E-state index in [1.54, 1.807) is 24.9 Å². The summed E-state index contributed by atoms with van der Waals surface area (Å²) in [7, 11) is 1.66. The average Bonchev–Trinajstić information content (AvgIpc) is 3.34. The van der Waals surface area contributed by atoms with Crippen molar-refractivity contribution in [1.29, 1.82) is 0 Å². The van der Waals surface area contributed by atoms with Gasteiger partial charge in [-0.15, -0.1) is 0 Å². The van der Waals surface area contributed by atoms with Crippen LogP contribution in [0.15, 0.2) is 30.3 Å². The van der Waals surface area contributed by atoms with Crippen molar-refractivity contribution >= 4 is 23.1 Å². The quantitative estimate of drug-likeness (QED) is 0.325. The van der Waals surface area contributed by atoms with Crippen molar-refractivity contribution in [3.63, 3.8) is 0 Å². The number of benzene rings is 1. The third kappa shape index (κ3) is 7.62. The molecule has 0 spiro atoms. The second-order valence-electron chi connectivity index (χ2n) is 11.0. The number of fused-ring (bicyclic) bond motifs is 1. The molecule has 0 bridgehead atoms. The van der Waals surface area contributed by atoms with Gasteiger partial charge in [-0.1, -0.05) is 12.1 Å². The van der Waals surface area contributed by atoms with Crippen molar-refractivity contribution in [2.24, 2.45) is 7.05 Å². The Morgan fingerprint density at radius 3 is 2.42 bits per heavy atom. The first-order valence-electron chi connectivity index (χ1n) is 12.7. The van der Waals surface area contributed by atoms with Gasteiger partial charge in [0.25, 0.3) is 0 Å². The number of para-hydroxylation sites is 2. The van der Waals surface area contributed by atoms with Crippen LogP contribution in [0.1, 0.15) is 70.5 Å². The Labute approximate surface area is 223 Å². The van der Waals surface area contributed by atoms with E-state index in [1.807, 2.05) is 65.8 Å². The smallest absolute Gasteiger partial charge is 0.420 e. The third-order valence-electron chi connectivity index (χ3n) is 5.38. The van der Waals surface area contributed by atoms with Crippen LogP contribution in [-0.2, 0) is 34.2 Å². The zero-order valence-electron chi connectivity index (χ0n) is 23.5. The average molecular weight is 530 g/mol. The van der Waals surface area contributed by atoms with Gasteiger partial charge >= 0.3 is 12.1 Å². The second kappa shape index (κ2) is 11.6. The second-order valence-corrected chi connectivity index (χ2v) is 11.0. The molecule has 11 heteroatoms. The highest BCUT2D eigenvalue weighted by Crippen LogP contribution is 2.21. The molecule has 0 aliphatic rings. The monoisotopic (exact) mass is 529 g/mol. The highest BCUT2D eigenvalue weighted by Gasteiger charge is 2.27. The number of hydrogen-bond donors (Lipinski definition) is 1. The maximum atomic E-state index is 13.1. The van der Waals surface area contributed by atoms with Crippen LogP contribution < -0.4 is 0 Å². The fourth-order valence-corrected chi connectivity index (χ4v) is 3.86. The molecule has 11 nitrogen and oxygen atoms in total. The van der Waals surface area contributed by atoms with Gasteiger partial charge in [-0.3, -0.25) is 4.68 Å². The van der Waals surface area contributed by atoms with Crippen LogP contribution in [0.2, 0.25) is 0 Å². The summed E-state index contributed by atoms with van der Waals surface area (Å²) in [6.07, 6.45) is -1.50. The van der Waals surface area contributed by atoms with Crippen LogP contribution in [0.5, 0.6) is 0 Å². The Morgan fingerprint density at radius 1 is 1.11 bits per heavy atom. The molecule has 2 heterocycles. The minimum Gasteiger partial charge on any atom is -0.461 e. The molecule has 208 valence electrons. The van der Waals surface area contributed by atoms with Crippen LogP contribution >= 0.6 is 0 Å². The molecule has 2 aromatic heterocycles. The summed E-state index contributed by atoms with van der Waals surface area (Å²) >= 11 is 0. The van der Waals surface area contributed by atoms with Crippen LogP contribution in [0.3, 0.4) is 0 Å². The molecule has 3 rings (SSSR count). The first kappa shape index (κ1) is 29.3. The summed E-state index contributed by atoms with van der Waals surface area (Å²) in [5, 5.41) is 15.4. The van der Waals surface area contributed by atoms with Crippen LogP contribution in [0.4, 0.5) is 4.79 Å². The molecular weight excluding hydrogens is 490 g/mol. The number of carbonyl (C=O) groups is 2. The molecule has 1 N–H and O–H groups in total. The van der Waals surface area contributed by atoms with Gasteiger partial charge in [-0.2, -0.15) is 5.10 Å². The van der Waals surface area contributed by atoms with Crippen molar-refractivity contribution in [3.8, 4) is 0 Å². The van der Waals surface area contributed by atoms with Crippen molar-refractivity contribution in [1.82, 2.24) is 24.2 Å². The summed E-state index contributed by atoms with van der Waals surface area (Å²) in [6.45, 7) is 13.4. The maximum absolute atomic E-state index is 13.1. The minimum absolute atomic E-state index is 0.178. The van der Waals surface area contributed by atoms with Gasteiger partial charge in [-0.05, 0) is 66.7 Å². The van der Waals surface area contributed by atoms with Gasteiger partial charge in [0, 0.05) is 26.6 Å². The van der Waals surface area contributed by atoms with Crippen LogP contribution in [-0.4, -0.2) is 72.2 Å². The molecule has 0 amide bonds. The van der Waals surface area contributed by atoms with Crippen molar-refractivity contribution in [2.75, 3.05) is 13.2 Å². The largest absolute Gasteiger partial charge is 0.461 e. The van der Waals surface area contributed by atoms with E-state index in [0.29, 0.717) is 34.7 Å². The number of hydrogen-bond acceptors (Lipinski definition) is 9. The lowest BCUT2D eigenvalue weighted by Gasteiger charge is -2.32. The number of rotatable bonds is 9. The van der Waals surface area contributed by atoms with Crippen molar-refractivity contribution in [3.05, 3.63) is 47.5 Å². The zero-order chi connectivity index (χ0) is 28.3. The summed E-state index contributed by atoms with van der Waals surface area (Å²) in [5.41, 5.74) is 0.848. The fraction of sp³-hybridized carbons (Fsp3) is 0.556. The number of esters is 1. The molecule has 0 saturated carbocycles. The van der Waals surface area contributed by atoms with Crippen LogP contribution in [0, 0.1) is 0 Å². The predicted molar refractivity (Wildman–Crippen MR) is 141 cm³/mol. The lowest BCUT2D eigenvalue weighted by atomic mass is 10.2. The van der Waals surface area contributed by atoms with Crippen LogP contribution in [0.25, 0.3) is 11.0 Å². The molecular formula is C27H39N5O6. The highest BCUT2D eigenvalue weighted by molar-refractivity contribution is 5.88. The topological polar surface area (TPSA) is 121 Å². The minimum atomic E-state index is -1.28. The molecule has 0 aliphatic carbocycles. The molecule has 0 radical (unpaired) electrons. The van der Waals surface area contributed by atoms with E-state index in [0.717, 1.165) is 0 Å². The summed E-state index contributed by atoms with van der Waals surface area (Å²) in [4.78, 5) is 31.7. The van der Waals surface area contributed by atoms with E-state index in [-0.39, 0.29) is 19.7 Å². The molecule has 0 saturated heterocycles. The van der Waals surface area contributed by atoms with E-state index in [2.05, 4.69) is 10.1 Å². The Kier molecular flexibility index (Phi) is 8.96. The van der Waals surface area contributed by atoms with E-state index in [9.17, 15) is 14.7 Å². The van der Waals surface area contributed by atoms with E-state index < -0.39 is 29.7 Å². The van der Waals surface area contributed by atoms with Gasteiger partial charge in [0.2, 0.25) is 6.41 Å². The maximum Gasteiger partial charge on any atom is 0.420 e. The number of aliphatic hydroxyl groups is 1. The summed E-state index contributed by atoms with van der Waals surface area (Å²) < 4.78 is 19.5. The lowest BCUT2D eigenvalue weighted by Crippen LogP contribution is -2.42. The standard InChI is InChI=1S/C27H39N5O6/c1-9-36-23(33)21-16-18(29-30(21)8)17-31(24(34)37-26(2,3)4)15-14-22-28-19-12-10-11-13-20(19)32(22)25(35)38-27(5,6)7/h10-13,16,24,34H,9,14-15,17H2,1-8H3. The third-order valence-corrected chi connectivity index (χ3v) is 5.38.